The van der Waals surface area contributed by atoms with Crippen LogP contribution >= 0.6 is 11.3 Å². The Hall–Kier alpha value is -1.39. The number of aromatic nitrogens is 1. The predicted molar refractivity (Wildman–Crippen MR) is 75.1 cm³/mol. The summed E-state index contributed by atoms with van der Waals surface area (Å²) in [4.78, 5) is 5.31. The van der Waals surface area contributed by atoms with Gasteiger partial charge in [0.25, 0.3) is 0 Å². The van der Waals surface area contributed by atoms with Crippen molar-refractivity contribution in [2.75, 3.05) is 0 Å². The van der Waals surface area contributed by atoms with Gasteiger partial charge < -0.3 is 10.5 Å². The summed E-state index contributed by atoms with van der Waals surface area (Å²) in [7, 11) is 0. The van der Waals surface area contributed by atoms with Crippen LogP contribution < -0.4 is 10.5 Å². The summed E-state index contributed by atoms with van der Waals surface area (Å²) in [6.45, 7) is 6.01. The molecule has 1 aromatic heterocycles. The average Bonchev–Trinajstić information content (AvgIpc) is 2.75. The second-order valence-electron chi connectivity index (χ2n) is 4.46. The molecular formula is C14H18N2OS. The molecule has 2 aromatic rings. The van der Waals surface area contributed by atoms with Gasteiger partial charge in [0.2, 0.25) is 0 Å². The van der Waals surface area contributed by atoms with Crippen molar-refractivity contribution < 1.29 is 4.74 Å². The van der Waals surface area contributed by atoms with Gasteiger partial charge in [0.05, 0.1) is 17.2 Å². The molecule has 0 saturated heterocycles. The van der Waals surface area contributed by atoms with Gasteiger partial charge in [0.15, 0.2) is 0 Å². The number of para-hydroxylation sites is 1. The van der Waals surface area contributed by atoms with E-state index in [1.165, 1.54) is 0 Å². The predicted octanol–water partition coefficient (Wildman–Crippen LogP) is 3.29. The van der Waals surface area contributed by atoms with E-state index in [1.807, 2.05) is 51.2 Å². The van der Waals surface area contributed by atoms with Crippen molar-refractivity contribution in [1.82, 2.24) is 4.98 Å². The van der Waals surface area contributed by atoms with E-state index in [-0.39, 0.29) is 12.1 Å². The maximum atomic E-state index is 6.30. The summed E-state index contributed by atoms with van der Waals surface area (Å²) in [6.07, 6.45) is 1.98. The quantitative estimate of drug-likeness (QED) is 0.919. The molecule has 0 radical (unpaired) electrons. The topological polar surface area (TPSA) is 48.1 Å². The average molecular weight is 262 g/mol. The molecule has 1 unspecified atom stereocenters. The molecule has 1 heterocycles. The Labute approximate surface area is 112 Å². The molecule has 0 fully saturated rings. The molecule has 0 aliphatic heterocycles. The Morgan fingerprint density at radius 3 is 2.61 bits per heavy atom. The third-order valence-electron chi connectivity index (χ3n) is 2.56. The molecule has 2 N–H and O–H groups in total. The van der Waals surface area contributed by atoms with Gasteiger partial charge in [-0.05, 0) is 26.8 Å². The number of nitrogens with zero attached hydrogens (tertiary/aromatic N) is 1. The molecule has 1 atom stereocenters. The van der Waals surface area contributed by atoms with Crippen molar-refractivity contribution in [2.24, 2.45) is 5.73 Å². The second kappa shape index (κ2) is 5.50. The molecule has 0 saturated carbocycles. The number of ether oxygens (including phenoxy) is 1. The van der Waals surface area contributed by atoms with Gasteiger partial charge in [-0.1, -0.05) is 18.2 Å². The van der Waals surface area contributed by atoms with Crippen LogP contribution in [0.15, 0.2) is 30.5 Å². The standard InChI is InChI=1S/C14H18N2OS/c1-9(2)17-12-7-5-4-6-11(12)14(15)13-8-16-10(3)18-13/h4-9,14H,15H2,1-3H3. The lowest BCUT2D eigenvalue weighted by Crippen LogP contribution is -2.14. The summed E-state index contributed by atoms with van der Waals surface area (Å²) in [5, 5.41) is 1.03. The Bertz CT molecular complexity index is 522. The molecule has 0 amide bonds. The van der Waals surface area contributed by atoms with Gasteiger partial charge in [-0.15, -0.1) is 11.3 Å². The summed E-state index contributed by atoms with van der Waals surface area (Å²) in [5.74, 6) is 0.853. The van der Waals surface area contributed by atoms with Gasteiger partial charge in [0, 0.05) is 16.6 Å². The van der Waals surface area contributed by atoms with E-state index < -0.39 is 0 Å². The van der Waals surface area contributed by atoms with Gasteiger partial charge in [-0.2, -0.15) is 0 Å². The molecular weight excluding hydrogens is 244 g/mol. The van der Waals surface area contributed by atoms with E-state index in [2.05, 4.69) is 4.98 Å². The first-order chi connectivity index (χ1) is 8.58. The van der Waals surface area contributed by atoms with Crippen molar-refractivity contribution in [3.8, 4) is 5.75 Å². The first-order valence-electron chi connectivity index (χ1n) is 6.01. The smallest absolute Gasteiger partial charge is 0.124 e. The molecule has 3 nitrogen and oxygen atoms in total. The van der Waals surface area contributed by atoms with E-state index in [0.717, 1.165) is 21.2 Å². The highest BCUT2D eigenvalue weighted by molar-refractivity contribution is 7.11. The van der Waals surface area contributed by atoms with Gasteiger partial charge in [-0.3, -0.25) is 0 Å². The van der Waals surface area contributed by atoms with Crippen molar-refractivity contribution in [2.45, 2.75) is 32.9 Å². The monoisotopic (exact) mass is 262 g/mol. The zero-order valence-electron chi connectivity index (χ0n) is 10.9. The normalized spacial score (nSPS) is 12.7. The minimum atomic E-state index is -0.175. The Morgan fingerprint density at radius 2 is 2.00 bits per heavy atom. The fourth-order valence-electron chi connectivity index (χ4n) is 1.77. The molecule has 2 rings (SSSR count). The van der Waals surface area contributed by atoms with Crippen LogP contribution in [-0.2, 0) is 0 Å². The third kappa shape index (κ3) is 2.89. The van der Waals surface area contributed by atoms with Gasteiger partial charge in [-0.25, -0.2) is 4.98 Å². The molecule has 0 aliphatic carbocycles. The fourth-order valence-corrected chi connectivity index (χ4v) is 2.58. The number of hydrogen-bond acceptors (Lipinski definition) is 4. The number of thiazole rings is 1. The van der Waals surface area contributed by atoms with Crippen molar-refractivity contribution in [3.63, 3.8) is 0 Å². The zero-order valence-corrected chi connectivity index (χ0v) is 11.7. The lowest BCUT2D eigenvalue weighted by molar-refractivity contribution is 0.239. The second-order valence-corrected chi connectivity index (χ2v) is 5.73. The first-order valence-corrected chi connectivity index (χ1v) is 6.83. The fraction of sp³-hybridized carbons (Fsp3) is 0.357. The van der Waals surface area contributed by atoms with Crippen LogP contribution in [0.5, 0.6) is 5.75 Å². The minimum absolute atomic E-state index is 0.140. The van der Waals surface area contributed by atoms with Crippen LogP contribution in [0, 0.1) is 6.92 Å². The van der Waals surface area contributed by atoms with Gasteiger partial charge in [0.1, 0.15) is 5.75 Å². The summed E-state index contributed by atoms with van der Waals surface area (Å²) in [6, 6.07) is 7.74. The highest BCUT2D eigenvalue weighted by Crippen LogP contribution is 2.31. The molecule has 96 valence electrons. The van der Waals surface area contributed by atoms with E-state index >= 15 is 0 Å². The molecule has 1 aromatic carbocycles. The maximum Gasteiger partial charge on any atom is 0.124 e. The molecule has 0 bridgehead atoms. The third-order valence-corrected chi connectivity index (χ3v) is 3.56. The van der Waals surface area contributed by atoms with Crippen LogP contribution in [0.25, 0.3) is 0 Å². The van der Waals surface area contributed by atoms with Crippen LogP contribution in [0.2, 0.25) is 0 Å². The van der Waals surface area contributed by atoms with Crippen LogP contribution in [-0.4, -0.2) is 11.1 Å². The van der Waals surface area contributed by atoms with E-state index in [9.17, 15) is 0 Å². The highest BCUT2D eigenvalue weighted by atomic mass is 32.1. The van der Waals surface area contributed by atoms with Crippen molar-refractivity contribution in [3.05, 3.63) is 45.9 Å². The van der Waals surface area contributed by atoms with Crippen LogP contribution in [0.4, 0.5) is 0 Å². The molecule has 18 heavy (non-hydrogen) atoms. The maximum absolute atomic E-state index is 6.30. The zero-order chi connectivity index (χ0) is 13.1. The first kappa shape index (κ1) is 13.1. The number of nitrogens with two attached hydrogens (primary N) is 1. The number of rotatable bonds is 4. The largest absolute Gasteiger partial charge is 0.491 e. The minimum Gasteiger partial charge on any atom is -0.491 e. The molecule has 0 aliphatic rings. The van der Waals surface area contributed by atoms with Crippen molar-refractivity contribution in [1.29, 1.82) is 0 Å². The summed E-state index contributed by atoms with van der Waals surface area (Å²) in [5.41, 5.74) is 7.31. The number of benzene rings is 1. The summed E-state index contributed by atoms with van der Waals surface area (Å²) < 4.78 is 5.80. The highest BCUT2D eigenvalue weighted by Gasteiger charge is 2.16. The number of hydrogen-bond donors (Lipinski definition) is 1. The Kier molecular flexibility index (Phi) is 3.99. The lowest BCUT2D eigenvalue weighted by Gasteiger charge is -2.17. The Balaban J connectivity index is 2.32. The number of aryl methyl sites for hydroxylation is 1. The van der Waals surface area contributed by atoms with E-state index in [1.54, 1.807) is 11.3 Å². The lowest BCUT2D eigenvalue weighted by atomic mass is 10.1. The van der Waals surface area contributed by atoms with Crippen molar-refractivity contribution >= 4 is 11.3 Å². The molecule has 4 heteroatoms. The Morgan fingerprint density at radius 1 is 1.28 bits per heavy atom. The SMILES string of the molecule is Cc1ncc(C(N)c2ccccc2OC(C)C)s1. The van der Waals surface area contributed by atoms with Gasteiger partial charge >= 0.3 is 0 Å². The molecule has 0 spiro atoms. The van der Waals surface area contributed by atoms with Crippen LogP contribution in [0.1, 0.15) is 35.3 Å². The summed E-state index contributed by atoms with van der Waals surface area (Å²) >= 11 is 1.63. The van der Waals surface area contributed by atoms with E-state index in [4.69, 9.17) is 10.5 Å². The van der Waals surface area contributed by atoms with Crippen LogP contribution in [0.3, 0.4) is 0 Å². The van der Waals surface area contributed by atoms with E-state index in [0.29, 0.717) is 0 Å².